The Labute approximate surface area is 146 Å². The molecule has 1 aliphatic rings. The summed E-state index contributed by atoms with van der Waals surface area (Å²) < 4.78 is 0. The topological polar surface area (TPSA) is 61.9 Å². The average Bonchev–Trinajstić information content (AvgIpc) is 3.19. The number of hydrogen-bond acceptors (Lipinski definition) is 3. The van der Waals surface area contributed by atoms with Gasteiger partial charge in [-0.1, -0.05) is 30.3 Å². The highest BCUT2D eigenvalue weighted by atomic mass is 16.2. The number of amides is 1. The van der Waals surface area contributed by atoms with E-state index in [4.69, 9.17) is 0 Å². The second kappa shape index (κ2) is 6.89. The summed E-state index contributed by atoms with van der Waals surface area (Å²) in [7, 11) is 0. The first-order valence-electron chi connectivity index (χ1n) is 8.61. The summed E-state index contributed by atoms with van der Waals surface area (Å²) in [6.07, 6.45) is 5.47. The van der Waals surface area contributed by atoms with Crippen molar-refractivity contribution in [1.82, 2.24) is 20.1 Å². The Hall–Kier alpha value is -2.95. The minimum atomic E-state index is 0.0224. The van der Waals surface area contributed by atoms with Crippen LogP contribution in [-0.4, -0.2) is 39.1 Å². The molecule has 0 spiro atoms. The van der Waals surface area contributed by atoms with Crippen molar-refractivity contribution < 1.29 is 4.79 Å². The van der Waals surface area contributed by atoms with Gasteiger partial charge in [-0.05, 0) is 42.5 Å². The number of likely N-dealkylation sites (tertiary alicyclic amines) is 1. The number of aromatic nitrogens is 3. The molecule has 3 aromatic rings. The van der Waals surface area contributed by atoms with E-state index in [2.05, 4.69) is 39.4 Å². The molecule has 1 amide bonds. The lowest BCUT2D eigenvalue weighted by Gasteiger charge is -2.31. The number of hydrogen-bond donors (Lipinski definition) is 1. The Kier molecular flexibility index (Phi) is 4.29. The van der Waals surface area contributed by atoms with Gasteiger partial charge in [0.25, 0.3) is 5.91 Å². The zero-order valence-corrected chi connectivity index (χ0v) is 13.9. The number of pyridine rings is 1. The monoisotopic (exact) mass is 332 g/mol. The zero-order chi connectivity index (χ0) is 17.1. The molecule has 0 radical (unpaired) electrons. The maximum atomic E-state index is 12.7. The van der Waals surface area contributed by atoms with Gasteiger partial charge in [0.15, 0.2) is 0 Å². The van der Waals surface area contributed by atoms with Gasteiger partial charge >= 0.3 is 0 Å². The molecule has 1 aromatic carbocycles. The first-order chi connectivity index (χ1) is 12.3. The standard InChI is InChI=1S/C20H20N4O/c25-20(19-13-18(22-23-19)17-7-4-10-21-14-17)24-11-8-16(9-12-24)15-5-2-1-3-6-15/h1-7,10,13-14,16H,8-9,11-12H2,(H,22,23). The van der Waals surface area contributed by atoms with E-state index in [0.29, 0.717) is 11.6 Å². The fraction of sp³-hybridized carbons (Fsp3) is 0.250. The van der Waals surface area contributed by atoms with Crippen molar-refractivity contribution in [3.05, 3.63) is 72.2 Å². The summed E-state index contributed by atoms with van der Waals surface area (Å²) in [5, 5.41) is 7.13. The summed E-state index contributed by atoms with van der Waals surface area (Å²) in [6.45, 7) is 1.55. The second-order valence-corrected chi connectivity index (χ2v) is 6.39. The summed E-state index contributed by atoms with van der Waals surface area (Å²) in [5.41, 5.74) is 3.56. The van der Waals surface area contributed by atoms with Gasteiger partial charge < -0.3 is 4.90 Å². The predicted octanol–water partition coefficient (Wildman–Crippen LogP) is 3.49. The molecular weight excluding hydrogens is 312 g/mol. The predicted molar refractivity (Wildman–Crippen MR) is 96.1 cm³/mol. The van der Waals surface area contributed by atoms with E-state index < -0.39 is 0 Å². The van der Waals surface area contributed by atoms with Crippen LogP contribution in [0.15, 0.2) is 60.9 Å². The van der Waals surface area contributed by atoms with Crippen molar-refractivity contribution in [3.63, 3.8) is 0 Å². The maximum Gasteiger partial charge on any atom is 0.271 e. The minimum Gasteiger partial charge on any atom is -0.337 e. The fourth-order valence-electron chi connectivity index (χ4n) is 3.40. The first kappa shape index (κ1) is 15.6. The highest BCUT2D eigenvalue weighted by Crippen LogP contribution is 2.28. The van der Waals surface area contributed by atoms with Gasteiger partial charge in [0, 0.05) is 31.0 Å². The molecule has 4 rings (SSSR count). The van der Waals surface area contributed by atoms with Crippen LogP contribution < -0.4 is 0 Å². The van der Waals surface area contributed by atoms with Gasteiger partial charge in [0.2, 0.25) is 0 Å². The number of benzene rings is 1. The summed E-state index contributed by atoms with van der Waals surface area (Å²) in [6, 6.07) is 16.2. The zero-order valence-electron chi connectivity index (χ0n) is 13.9. The molecule has 0 saturated carbocycles. The van der Waals surface area contributed by atoms with Crippen molar-refractivity contribution in [2.75, 3.05) is 13.1 Å². The van der Waals surface area contributed by atoms with Crippen LogP contribution in [-0.2, 0) is 0 Å². The Balaban J connectivity index is 1.42. The molecule has 5 heteroatoms. The third kappa shape index (κ3) is 3.31. The lowest BCUT2D eigenvalue weighted by molar-refractivity contribution is 0.0707. The Bertz CT molecular complexity index is 836. The van der Waals surface area contributed by atoms with Crippen LogP contribution in [0.3, 0.4) is 0 Å². The Morgan fingerprint density at radius 1 is 1.08 bits per heavy atom. The van der Waals surface area contributed by atoms with E-state index in [0.717, 1.165) is 37.2 Å². The molecular formula is C20H20N4O. The lowest BCUT2D eigenvalue weighted by atomic mass is 9.89. The van der Waals surface area contributed by atoms with Crippen molar-refractivity contribution in [3.8, 4) is 11.3 Å². The largest absolute Gasteiger partial charge is 0.337 e. The van der Waals surface area contributed by atoms with E-state index in [1.165, 1.54) is 5.56 Å². The fourth-order valence-corrected chi connectivity index (χ4v) is 3.40. The van der Waals surface area contributed by atoms with Gasteiger partial charge in [-0.3, -0.25) is 14.9 Å². The number of nitrogens with zero attached hydrogens (tertiary/aromatic N) is 3. The third-order valence-corrected chi connectivity index (χ3v) is 4.82. The molecule has 1 aliphatic heterocycles. The van der Waals surface area contributed by atoms with Gasteiger partial charge in [-0.15, -0.1) is 0 Å². The van der Waals surface area contributed by atoms with Crippen molar-refractivity contribution in [2.24, 2.45) is 0 Å². The van der Waals surface area contributed by atoms with E-state index in [1.54, 1.807) is 12.4 Å². The summed E-state index contributed by atoms with van der Waals surface area (Å²) in [4.78, 5) is 18.7. The normalized spacial score (nSPS) is 15.3. The quantitative estimate of drug-likeness (QED) is 0.798. The Morgan fingerprint density at radius 3 is 2.60 bits per heavy atom. The van der Waals surface area contributed by atoms with Crippen LogP contribution in [0.5, 0.6) is 0 Å². The Morgan fingerprint density at radius 2 is 1.88 bits per heavy atom. The number of nitrogens with one attached hydrogen (secondary N) is 1. The second-order valence-electron chi connectivity index (χ2n) is 6.39. The van der Waals surface area contributed by atoms with Crippen LogP contribution in [0.25, 0.3) is 11.3 Å². The molecule has 3 heterocycles. The number of carbonyl (C=O) groups is 1. The molecule has 126 valence electrons. The average molecular weight is 332 g/mol. The van der Waals surface area contributed by atoms with E-state index in [9.17, 15) is 4.79 Å². The van der Waals surface area contributed by atoms with Crippen LogP contribution in [0.1, 0.15) is 34.8 Å². The van der Waals surface area contributed by atoms with Crippen LogP contribution >= 0.6 is 0 Å². The summed E-state index contributed by atoms with van der Waals surface area (Å²) in [5.74, 6) is 0.562. The maximum absolute atomic E-state index is 12.7. The third-order valence-electron chi connectivity index (χ3n) is 4.82. The van der Waals surface area contributed by atoms with E-state index in [1.807, 2.05) is 29.2 Å². The molecule has 2 aromatic heterocycles. The number of rotatable bonds is 3. The minimum absolute atomic E-state index is 0.0224. The highest BCUT2D eigenvalue weighted by Gasteiger charge is 2.25. The molecule has 1 N–H and O–H groups in total. The summed E-state index contributed by atoms with van der Waals surface area (Å²) >= 11 is 0. The smallest absolute Gasteiger partial charge is 0.271 e. The number of piperidine rings is 1. The number of aromatic amines is 1. The van der Waals surface area contributed by atoms with E-state index >= 15 is 0 Å². The van der Waals surface area contributed by atoms with Crippen molar-refractivity contribution in [1.29, 1.82) is 0 Å². The molecule has 1 saturated heterocycles. The molecule has 1 fully saturated rings. The van der Waals surface area contributed by atoms with Gasteiger partial charge in [-0.25, -0.2) is 0 Å². The molecule has 5 nitrogen and oxygen atoms in total. The van der Waals surface area contributed by atoms with Crippen molar-refractivity contribution >= 4 is 5.91 Å². The molecule has 0 bridgehead atoms. The first-order valence-corrected chi connectivity index (χ1v) is 8.61. The molecule has 25 heavy (non-hydrogen) atoms. The lowest BCUT2D eigenvalue weighted by Crippen LogP contribution is -2.38. The molecule has 0 atom stereocenters. The number of carbonyl (C=O) groups excluding carboxylic acids is 1. The van der Waals surface area contributed by atoms with Crippen LogP contribution in [0.2, 0.25) is 0 Å². The van der Waals surface area contributed by atoms with E-state index in [-0.39, 0.29) is 5.91 Å². The molecule has 0 aliphatic carbocycles. The van der Waals surface area contributed by atoms with Gasteiger partial charge in [0.1, 0.15) is 5.69 Å². The number of H-pyrrole nitrogens is 1. The SMILES string of the molecule is O=C(c1cc(-c2cccnc2)n[nH]1)N1CCC(c2ccccc2)CC1. The van der Waals surface area contributed by atoms with Crippen molar-refractivity contribution in [2.45, 2.75) is 18.8 Å². The van der Waals surface area contributed by atoms with Gasteiger partial charge in [0.05, 0.1) is 5.69 Å². The van der Waals surface area contributed by atoms with Crippen LogP contribution in [0, 0.1) is 0 Å². The van der Waals surface area contributed by atoms with Gasteiger partial charge in [-0.2, -0.15) is 5.10 Å². The van der Waals surface area contributed by atoms with Crippen LogP contribution in [0.4, 0.5) is 0 Å². The highest BCUT2D eigenvalue weighted by molar-refractivity contribution is 5.93. The molecule has 0 unspecified atom stereocenters.